The molecule has 2 aromatic rings. The number of esters is 1. The van der Waals surface area contributed by atoms with Crippen molar-refractivity contribution in [3.8, 4) is 12.1 Å². The molecule has 0 aromatic heterocycles. The van der Waals surface area contributed by atoms with Gasteiger partial charge in [0.25, 0.3) is 5.91 Å². The monoisotopic (exact) mass is 589 g/mol. The predicted molar refractivity (Wildman–Crippen MR) is 148 cm³/mol. The summed E-state index contributed by atoms with van der Waals surface area (Å²) in [5, 5.41) is 18.5. The maximum absolute atomic E-state index is 12.0. The molecule has 40 heavy (non-hydrogen) atoms. The molecule has 0 fully saturated rings. The number of hydrogen-bond acceptors (Lipinski definition) is 9. The van der Waals surface area contributed by atoms with Crippen LogP contribution in [0.5, 0.6) is 0 Å². The van der Waals surface area contributed by atoms with Crippen LogP contribution < -0.4 is 11.5 Å². The van der Waals surface area contributed by atoms with E-state index in [1.165, 1.54) is 25.3 Å². The zero-order valence-electron chi connectivity index (χ0n) is 23.1. The van der Waals surface area contributed by atoms with Crippen molar-refractivity contribution in [1.29, 1.82) is 10.5 Å². The van der Waals surface area contributed by atoms with Gasteiger partial charge < -0.3 is 16.2 Å². The van der Waals surface area contributed by atoms with Crippen molar-refractivity contribution in [3.63, 3.8) is 0 Å². The average Bonchev–Trinajstić information content (AvgIpc) is 2.84. The molecule has 0 radical (unpaired) electrons. The molecule has 0 aliphatic heterocycles. The average molecular weight is 590 g/mol. The normalized spacial score (nSPS) is 11.1. The number of amides is 1. The van der Waals surface area contributed by atoms with Crippen LogP contribution in [0.15, 0.2) is 39.0 Å². The number of hydrogen-bond donors (Lipinski definition) is 2. The molecule has 12 nitrogen and oxygen atoms in total. The quantitative estimate of drug-likeness (QED) is 0.282. The van der Waals surface area contributed by atoms with E-state index in [-0.39, 0.29) is 43.9 Å². The van der Waals surface area contributed by atoms with Crippen molar-refractivity contribution in [2.24, 2.45) is 16.5 Å². The molecule has 0 aliphatic carbocycles. The molecule has 0 saturated carbocycles. The van der Waals surface area contributed by atoms with Gasteiger partial charge in [0.1, 0.15) is 12.1 Å². The number of nitrogens with zero attached hydrogens (tertiary/aromatic N) is 3. The lowest BCUT2D eigenvalue weighted by molar-refractivity contribution is 0.0600. The van der Waals surface area contributed by atoms with Crippen LogP contribution in [0.3, 0.4) is 0 Å². The zero-order valence-corrected chi connectivity index (χ0v) is 24.8. The SMILES string of the molecule is CC(C)c1ccc(C(=O)N=C(N)N)c(C#N)c1S(C)(=O)=O.COC(=O)c1ccc(C(C)C)c(S(C)(=O)=O)c1C#N. The summed E-state index contributed by atoms with van der Waals surface area (Å²) in [7, 11) is -6.13. The van der Waals surface area contributed by atoms with Gasteiger partial charge in [0.15, 0.2) is 25.6 Å². The zero-order chi connectivity index (χ0) is 31.2. The number of nitrogens with two attached hydrogens (primary N) is 2. The van der Waals surface area contributed by atoms with Crippen LogP contribution in [0.1, 0.15) is 82.5 Å². The first-order chi connectivity index (χ1) is 18.3. The van der Waals surface area contributed by atoms with E-state index in [1.807, 2.05) is 13.8 Å². The summed E-state index contributed by atoms with van der Waals surface area (Å²) in [6, 6.07) is 9.40. The third-order valence-corrected chi connectivity index (χ3v) is 7.81. The van der Waals surface area contributed by atoms with Crippen LogP contribution in [0.4, 0.5) is 0 Å². The largest absolute Gasteiger partial charge is 0.465 e. The van der Waals surface area contributed by atoms with Crippen LogP contribution in [-0.2, 0) is 24.4 Å². The van der Waals surface area contributed by atoms with Gasteiger partial charge in [-0.15, -0.1) is 0 Å². The summed E-state index contributed by atoms with van der Waals surface area (Å²) in [5.41, 5.74) is 10.7. The number of aliphatic imine (C=N–C) groups is 1. The van der Waals surface area contributed by atoms with Crippen LogP contribution in [0.25, 0.3) is 0 Å². The Morgan fingerprint density at radius 2 is 1.18 bits per heavy atom. The summed E-state index contributed by atoms with van der Waals surface area (Å²) < 4.78 is 52.3. The summed E-state index contributed by atoms with van der Waals surface area (Å²) >= 11 is 0. The third kappa shape index (κ3) is 7.88. The van der Waals surface area contributed by atoms with E-state index in [1.54, 1.807) is 32.1 Å². The third-order valence-electron chi connectivity index (χ3n) is 5.45. The van der Waals surface area contributed by atoms with Gasteiger partial charge in [0.2, 0.25) is 0 Å². The number of methoxy groups -OCH3 is 1. The Hall–Kier alpha value is -4.27. The Bertz CT molecular complexity index is 1660. The highest BCUT2D eigenvalue weighted by atomic mass is 32.2. The van der Waals surface area contributed by atoms with Crippen molar-refractivity contribution in [2.75, 3.05) is 19.6 Å². The summed E-state index contributed by atoms with van der Waals surface area (Å²) in [5.74, 6) is -2.25. The van der Waals surface area contributed by atoms with Gasteiger partial charge in [-0.2, -0.15) is 15.5 Å². The maximum Gasteiger partial charge on any atom is 0.339 e. The number of sulfone groups is 2. The molecular weight excluding hydrogens is 558 g/mol. The molecule has 0 bridgehead atoms. The van der Waals surface area contributed by atoms with Crippen molar-refractivity contribution in [2.45, 2.75) is 49.3 Å². The van der Waals surface area contributed by atoms with Gasteiger partial charge in [-0.3, -0.25) is 4.79 Å². The summed E-state index contributed by atoms with van der Waals surface area (Å²) in [6.45, 7) is 7.23. The van der Waals surface area contributed by atoms with E-state index in [2.05, 4.69) is 9.73 Å². The molecule has 0 spiro atoms. The molecule has 0 saturated heterocycles. The lowest BCUT2D eigenvalue weighted by Gasteiger charge is -2.14. The molecule has 0 heterocycles. The molecule has 14 heteroatoms. The number of ether oxygens (including phenoxy) is 1. The minimum atomic E-state index is -3.69. The topological polar surface area (TPSA) is 224 Å². The van der Waals surface area contributed by atoms with E-state index in [0.717, 1.165) is 12.5 Å². The number of rotatable bonds is 6. The number of benzene rings is 2. The van der Waals surface area contributed by atoms with Gasteiger partial charge in [0, 0.05) is 12.5 Å². The Kier molecular flexibility index (Phi) is 11.1. The highest BCUT2D eigenvalue weighted by Crippen LogP contribution is 2.31. The van der Waals surface area contributed by atoms with Crippen molar-refractivity contribution in [3.05, 3.63) is 57.6 Å². The van der Waals surface area contributed by atoms with Gasteiger partial charge in [-0.1, -0.05) is 39.8 Å². The number of carbonyl (C=O) groups is 2. The smallest absolute Gasteiger partial charge is 0.339 e. The second-order valence-electron chi connectivity index (χ2n) is 9.22. The van der Waals surface area contributed by atoms with Crippen LogP contribution in [-0.4, -0.2) is 54.3 Å². The molecule has 1 amide bonds. The second-order valence-corrected chi connectivity index (χ2v) is 13.1. The van der Waals surface area contributed by atoms with Crippen molar-refractivity contribution < 1.29 is 31.2 Å². The van der Waals surface area contributed by atoms with Gasteiger partial charge >= 0.3 is 5.97 Å². The lowest BCUT2D eigenvalue weighted by atomic mass is 9.97. The van der Waals surface area contributed by atoms with Gasteiger partial charge in [-0.25, -0.2) is 21.6 Å². The van der Waals surface area contributed by atoms with Gasteiger partial charge in [-0.05, 0) is 35.1 Å². The fourth-order valence-electron chi connectivity index (χ4n) is 3.76. The van der Waals surface area contributed by atoms with E-state index >= 15 is 0 Å². The number of carbonyl (C=O) groups excluding carboxylic acids is 2. The molecule has 0 aliphatic rings. The Balaban J connectivity index is 0.000000402. The molecule has 2 rings (SSSR count). The standard InChI is InChI=1S/C13H16N4O3S.C13H15NO4S/c1-7(2)8-4-5-9(12(18)17-13(15)16)10(6-14)11(8)21(3,19)20;1-8(2)9-5-6-10(13(15)18-3)11(7-14)12(9)19(4,16)17/h4-5,7H,1-3H3,(H4,15,16,17,18);5-6,8H,1-4H3. The minimum Gasteiger partial charge on any atom is -0.465 e. The number of nitriles is 2. The fourth-order valence-corrected chi connectivity index (χ4v) is 6.28. The first kappa shape index (κ1) is 33.8. The van der Waals surface area contributed by atoms with Crippen molar-refractivity contribution in [1.82, 2.24) is 0 Å². The second kappa shape index (κ2) is 13.2. The minimum absolute atomic E-state index is 0.0326. The molecule has 2 aromatic carbocycles. The summed E-state index contributed by atoms with van der Waals surface area (Å²) in [6.07, 6.45) is 2.01. The molecular formula is C26H31N5O7S2. The molecule has 0 unspecified atom stereocenters. The fraction of sp³-hybridized carbons (Fsp3) is 0.346. The Labute approximate surface area is 234 Å². The van der Waals surface area contributed by atoms with E-state index in [9.17, 15) is 36.9 Å². The predicted octanol–water partition coefficient (Wildman–Crippen LogP) is 2.37. The van der Waals surface area contributed by atoms with Crippen LogP contribution in [0, 0.1) is 22.7 Å². The molecule has 214 valence electrons. The number of guanidine groups is 1. The van der Waals surface area contributed by atoms with Crippen LogP contribution in [0.2, 0.25) is 0 Å². The first-order valence-corrected chi connectivity index (χ1v) is 15.4. The summed E-state index contributed by atoms with van der Waals surface area (Å²) in [4.78, 5) is 26.6. The highest BCUT2D eigenvalue weighted by molar-refractivity contribution is 7.91. The van der Waals surface area contributed by atoms with E-state index in [0.29, 0.717) is 11.1 Å². The Morgan fingerprint density at radius 1 is 0.800 bits per heavy atom. The van der Waals surface area contributed by atoms with E-state index < -0.39 is 37.5 Å². The highest BCUT2D eigenvalue weighted by Gasteiger charge is 2.27. The van der Waals surface area contributed by atoms with Gasteiger partial charge in [0.05, 0.1) is 39.2 Å². The molecule has 0 atom stereocenters. The Morgan fingerprint density at radius 3 is 1.48 bits per heavy atom. The van der Waals surface area contributed by atoms with Crippen molar-refractivity contribution >= 4 is 37.5 Å². The lowest BCUT2D eigenvalue weighted by Crippen LogP contribution is -2.24. The van der Waals surface area contributed by atoms with E-state index in [4.69, 9.17) is 11.5 Å². The first-order valence-electron chi connectivity index (χ1n) is 11.6. The van der Waals surface area contributed by atoms with Crippen LogP contribution >= 0.6 is 0 Å². The molecule has 4 N–H and O–H groups in total. The maximum atomic E-state index is 12.0.